The van der Waals surface area contributed by atoms with E-state index < -0.39 is 11.7 Å². The molecule has 2 aromatic rings. The largest absolute Gasteiger partial charge is 0.322 e. The molecule has 21 heavy (non-hydrogen) atoms. The van der Waals surface area contributed by atoms with Crippen LogP contribution in [0.5, 0.6) is 0 Å². The van der Waals surface area contributed by atoms with Crippen molar-refractivity contribution in [1.82, 2.24) is 0 Å². The molecule has 3 N–H and O–H groups in total. The van der Waals surface area contributed by atoms with Gasteiger partial charge in [-0.1, -0.05) is 24.0 Å². The highest BCUT2D eigenvalue weighted by Gasteiger charge is 2.12. The normalized spacial score (nSPS) is 9.67. The highest BCUT2D eigenvalue weighted by atomic mass is 19.1. The van der Waals surface area contributed by atoms with Crippen LogP contribution < -0.4 is 11.1 Å². The molecular formula is C17H15FN2O. The molecule has 0 saturated heterocycles. The molecule has 0 atom stereocenters. The van der Waals surface area contributed by atoms with E-state index in [1.54, 1.807) is 6.07 Å². The SMILES string of the molecule is Cc1cccc(NC(=O)c2cc(C#CCN)ccc2F)c1. The summed E-state index contributed by atoms with van der Waals surface area (Å²) in [5.41, 5.74) is 7.44. The summed E-state index contributed by atoms with van der Waals surface area (Å²) in [5, 5.41) is 2.67. The van der Waals surface area contributed by atoms with Gasteiger partial charge in [0.05, 0.1) is 12.1 Å². The van der Waals surface area contributed by atoms with E-state index in [0.717, 1.165) is 5.56 Å². The summed E-state index contributed by atoms with van der Waals surface area (Å²) in [6, 6.07) is 11.5. The molecule has 0 aliphatic carbocycles. The van der Waals surface area contributed by atoms with Crippen LogP contribution in [0.1, 0.15) is 21.5 Å². The Bertz CT molecular complexity index is 729. The van der Waals surface area contributed by atoms with Gasteiger partial charge in [-0.15, -0.1) is 0 Å². The number of hydrogen-bond acceptors (Lipinski definition) is 2. The van der Waals surface area contributed by atoms with Crippen molar-refractivity contribution in [1.29, 1.82) is 0 Å². The summed E-state index contributed by atoms with van der Waals surface area (Å²) >= 11 is 0. The zero-order chi connectivity index (χ0) is 15.2. The van der Waals surface area contributed by atoms with Crippen LogP contribution in [-0.2, 0) is 0 Å². The first-order valence-corrected chi connectivity index (χ1v) is 6.46. The number of benzene rings is 2. The third-order valence-corrected chi connectivity index (χ3v) is 2.82. The van der Waals surface area contributed by atoms with E-state index in [2.05, 4.69) is 17.2 Å². The number of halogens is 1. The molecule has 0 heterocycles. The standard InChI is InChI=1S/C17H15FN2O/c1-12-4-2-6-14(10-12)20-17(21)15-11-13(5-3-9-19)7-8-16(15)18/h2,4,6-8,10-11H,9,19H2,1H3,(H,20,21). The summed E-state index contributed by atoms with van der Waals surface area (Å²) < 4.78 is 13.8. The fourth-order valence-corrected chi connectivity index (χ4v) is 1.85. The number of amides is 1. The van der Waals surface area contributed by atoms with Crippen molar-refractivity contribution >= 4 is 11.6 Å². The number of nitrogens with one attached hydrogen (secondary N) is 1. The summed E-state index contributed by atoms with van der Waals surface area (Å²) in [6.07, 6.45) is 0. The van der Waals surface area contributed by atoms with Crippen LogP contribution in [0.25, 0.3) is 0 Å². The number of anilines is 1. The minimum atomic E-state index is -0.585. The molecule has 106 valence electrons. The Morgan fingerprint density at radius 2 is 2.10 bits per heavy atom. The second-order valence-electron chi connectivity index (χ2n) is 4.52. The summed E-state index contributed by atoms with van der Waals surface area (Å²) in [5.74, 6) is 4.36. The second kappa shape index (κ2) is 6.69. The minimum absolute atomic E-state index is 0.0414. The first-order chi connectivity index (χ1) is 10.1. The molecule has 0 aromatic heterocycles. The van der Waals surface area contributed by atoms with Crippen molar-refractivity contribution < 1.29 is 9.18 Å². The van der Waals surface area contributed by atoms with Gasteiger partial charge < -0.3 is 11.1 Å². The van der Waals surface area contributed by atoms with E-state index in [1.165, 1.54) is 18.2 Å². The molecule has 2 rings (SSSR count). The number of carbonyl (C=O) groups excluding carboxylic acids is 1. The van der Waals surface area contributed by atoms with Crippen LogP contribution in [0.15, 0.2) is 42.5 Å². The smallest absolute Gasteiger partial charge is 0.258 e. The second-order valence-corrected chi connectivity index (χ2v) is 4.52. The van der Waals surface area contributed by atoms with Crippen LogP contribution in [0.2, 0.25) is 0 Å². The maximum Gasteiger partial charge on any atom is 0.258 e. The molecule has 0 fully saturated rings. The fourth-order valence-electron chi connectivity index (χ4n) is 1.85. The highest BCUT2D eigenvalue weighted by molar-refractivity contribution is 6.04. The van der Waals surface area contributed by atoms with Gasteiger partial charge in [-0.05, 0) is 42.8 Å². The molecule has 0 saturated carbocycles. The zero-order valence-corrected chi connectivity index (χ0v) is 11.6. The van der Waals surface area contributed by atoms with Crippen LogP contribution in [-0.4, -0.2) is 12.5 Å². The lowest BCUT2D eigenvalue weighted by Crippen LogP contribution is -2.14. The summed E-state index contributed by atoms with van der Waals surface area (Å²) in [7, 11) is 0. The quantitative estimate of drug-likeness (QED) is 0.832. The van der Waals surface area contributed by atoms with Crippen LogP contribution in [0.3, 0.4) is 0 Å². The van der Waals surface area contributed by atoms with Crippen LogP contribution in [0.4, 0.5) is 10.1 Å². The Morgan fingerprint density at radius 3 is 2.81 bits per heavy atom. The summed E-state index contributed by atoms with van der Waals surface area (Å²) in [6.45, 7) is 2.13. The lowest BCUT2D eigenvalue weighted by molar-refractivity contribution is 0.102. The number of nitrogens with two attached hydrogens (primary N) is 1. The lowest BCUT2D eigenvalue weighted by atomic mass is 10.1. The molecule has 1 amide bonds. The monoisotopic (exact) mass is 282 g/mol. The van der Waals surface area contributed by atoms with E-state index in [9.17, 15) is 9.18 Å². The fraction of sp³-hybridized carbons (Fsp3) is 0.118. The number of rotatable bonds is 2. The predicted octanol–water partition coefficient (Wildman–Crippen LogP) is 2.70. The van der Waals surface area contributed by atoms with E-state index in [1.807, 2.05) is 25.1 Å². The van der Waals surface area contributed by atoms with E-state index in [4.69, 9.17) is 5.73 Å². The average Bonchev–Trinajstić information content (AvgIpc) is 2.46. The Labute approximate surface area is 123 Å². The number of aryl methyl sites for hydroxylation is 1. The minimum Gasteiger partial charge on any atom is -0.322 e. The van der Waals surface area contributed by atoms with Gasteiger partial charge in [0, 0.05) is 11.3 Å². The molecule has 0 aliphatic rings. The highest BCUT2D eigenvalue weighted by Crippen LogP contribution is 2.15. The molecule has 4 heteroatoms. The zero-order valence-electron chi connectivity index (χ0n) is 11.6. The van der Waals surface area contributed by atoms with Crippen molar-refractivity contribution in [3.05, 3.63) is 65.0 Å². The van der Waals surface area contributed by atoms with Gasteiger partial charge >= 0.3 is 0 Å². The van der Waals surface area contributed by atoms with Gasteiger partial charge in [0.1, 0.15) is 5.82 Å². The van der Waals surface area contributed by atoms with Gasteiger partial charge in [-0.3, -0.25) is 4.79 Å². The van der Waals surface area contributed by atoms with Crippen molar-refractivity contribution in [2.45, 2.75) is 6.92 Å². The van der Waals surface area contributed by atoms with Crippen molar-refractivity contribution in [2.24, 2.45) is 5.73 Å². The maximum atomic E-state index is 13.8. The summed E-state index contributed by atoms with van der Waals surface area (Å²) in [4.78, 5) is 12.1. The molecular weight excluding hydrogens is 267 g/mol. The van der Waals surface area contributed by atoms with Crippen molar-refractivity contribution in [3.63, 3.8) is 0 Å². The first-order valence-electron chi connectivity index (χ1n) is 6.46. The van der Waals surface area contributed by atoms with E-state index >= 15 is 0 Å². The molecule has 0 unspecified atom stereocenters. The average molecular weight is 282 g/mol. The van der Waals surface area contributed by atoms with E-state index in [0.29, 0.717) is 11.3 Å². The van der Waals surface area contributed by atoms with Gasteiger partial charge in [0.25, 0.3) is 5.91 Å². The molecule has 0 radical (unpaired) electrons. The predicted molar refractivity (Wildman–Crippen MR) is 81.5 cm³/mol. The number of hydrogen-bond donors (Lipinski definition) is 2. The third kappa shape index (κ3) is 3.91. The lowest BCUT2D eigenvalue weighted by Gasteiger charge is -2.07. The number of carbonyl (C=O) groups is 1. The van der Waals surface area contributed by atoms with Crippen molar-refractivity contribution in [3.8, 4) is 11.8 Å². The maximum absolute atomic E-state index is 13.8. The van der Waals surface area contributed by atoms with Gasteiger partial charge in [-0.2, -0.15) is 0 Å². The van der Waals surface area contributed by atoms with Crippen molar-refractivity contribution in [2.75, 3.05) is 11.9 Å². The molecule has 0 spiro atoms. The van der Waals surface area contributed by atoms with Crippen LogP contribution >= 0.6 is 0 Å². The topological polar surface area (TPSA) is 55.1 Å². The van der Waals surface area contributed by atoms with Gasteiger partial charge in [-0.25, -0.2) is 4.39 Å². The molecule has 2 aromatic carbocycles. The Hall–Kier alpha value is -2.64. The Kier molecular flexibility index (Phi) is 4.70. The first kappa shape index (κ1) is 14.8. The molecule has 0 aliphatic heterocycles. The Balaban J connectivity index is 2.26. The van der Waals surface area contributed by atoms with Crippen LogP contribution in [0, 0.1) is 24.6 Å². The Morgan fingerprint density at radius 1 is 1.29 bits per heavy atom. The van der Waals surface area contributed by atoms with E-state index in [-0.39, 0.29) is 12.1 Å². The molecule has 0 bridgehead atoms. The third-order valence-electron chi connectivity index (χ3n) is 2.82. The molecule has 3 nitrogen and oxygen atoms in total. The van der Waals surface area contributed by atoms with Gasteiger partial charge in [0.2, 0.25) is 0 Å². The van der Waals surface area contributed by atoms with Gasteiger partial charge in [0.15, 0.2) is 0 Å².